The fourth-order valence-corrected chi connectivity index (χ4v) is 3.63. The Morgan fingerprint density at radius 2 is 1.47 bits per heavy atom. The van der Waals surface area contributed by atoms with E-state index < -0.39 is 11.9 Å². The first-order valence-corrected chi connectivity index (χ1v) is 10.7. The predicted molar refractivity (Wildman–Crippen MR) is 125 cm³/mol. The van der Waals surface area contributed by atoms with E-state index in [9.17, 15) is 9.59 Å². The van der Waals surface area contributed by atoms with E-state index in [2.05, 4.69) is 10.6 Å². The second-order valence-corrected chi connectivity index (χ2v) is 7.86. The van der Waals surface area contributed by atoms with Crippen LogP contribution in [0.4, 0.5) is 5.69 Å². The average Bonchev–Trinajstić information content (AvgIpc) is 3.50. The summed E-state index contributed by atoms with van der Waals surface area (Å²) in [5.41, 5.74) is 3.02. The summed E-state index contributed by atoms with van der Waals surface area (Å²) in [7, 11) is 0. The highest BCUT2D eigenvalue weighted by atomic mass is 16.7. The van der Waals surface area contributed by atoms with Crippen molar-refractivity contribution >= 4 is 23.6 Å². The molecule has 34 heavy (non-hydrogen) atoms. The maximum Gasteiger partial charge on any atom is 0.251 e. The summed E-state index contributed by atoms with van der Waals surface area (Å²) >= 11 is 0. The molecular formula is C26H22N2O6. The van der Waals surface area contributed by atoms with E-state index in [-0.39, 0.29) is 19.5 Å². The van der Waals surface area contributed by atoms with Gasteiger partial charge in [-0.15, -0.1) is 0 Å². The minimum Gasteiger partial charge on any atom is -0.454 e. The van der Waals surface area contributed by atoms with Gasteiger partial charge in [0.2, 0.25) is 19.5 Å². The Balaban J connectivity index is 1.32. The van der Waals surface area contributed by atoms with E-state index in [0.717, 1.165) is 11.1 Å². The van der Waals surface area contributed by atoms with Gasteiger partial charge in [-0.1, -0.05) is 35.9 Å². The molecule has 0 fully saturated rings. The maximum atomic E-state index is 13.2. The summed E-state index contributed by atoms with van der Waals surface area (Å²) in [5.74, 6) is 1.68. The zero-order valence-corrected chi connectivity index (χ0v) is 18.4. The third-order valence-electron chi connectivity index (χ3n) is 5.42. The number of nitrogens with one attached hydrogen (secondary N) is 2. The Bertz CT molecular complexity index is 1270. The van der Waals surface area contributed by atoms with Gasteiger partial charge < -0.3 is 29.6 Å². The number of carbonyl (C=O) groups excluding carboxylic acids is 2. The second-order valence-electron chi connectivity index (χ2n) is 7.86. The molecule has 0 saturated heterocycles. The summed E-state index contributed by atoms with van der Waals surface area (Å²) in [4.78, 5) is 25.9. The molecular weight excluding hydrogens is 436 g/mol. The lowest BCUT2D eigenvalue weighted by atomic mass is 10.0. The number of aryl methyl sites for hydroxylation is 1. The molecule has 8 heteroatoms. The van der Waals surface area contributed by atoms with Gasteiger partial charge in [-0.05, 0) is 48.4 Å². The van der Waals surface area contributed by atoms with Crippen LogP contribution in [-0.2, 0) is 9.59 Å². The van der Waals surface area contributed by atoms with Crippen molar-refractivity contribution in [2.24, 2.45) is 0 Å². The van der Waals surface area contributed by atoms with Gasteiger partial charge in [0.05, 0.1) is 0 Å². The molecule has 0 saturated carbocycles. The first kappa shape index (κ1) is 21.4. The van der Waals surface area contributed by atoms with Crippen molar-refractivity contribution in [2.45, 2.75) is 13.0 Å². The number of rotatable bonds is 6. The standard InChI is InChI=1S/C26H22N2O6/c1-16-2-6-18(7-3-16)25(26(30)27-19-8-10-21-23(13-19)34-15-32-21)28-24(29)11-5-17-4-9-20-22(12-17)33-14-31-20/h2-13,25H,14-15H2,1H3,(H,27,30)(H,28,29)/b11-5-/t25-/m0/s1. The minimum absolute atomic E-state index is 0.143. The fraction of sp³-hybridized carbons (Fsp3) is 0.154. The van der Waals surface area contributed by atoms with E-state index in [1.165, 1.54) is 6.08 Å². The van der Waals surface area contributed by atoms with E-state index in [4.69, 9.17) is 18.9 Å². The van der Waals surface area contributed by atoms with Crippen molar-refractivity contribution in [3.05, 3.63) is 83.4 Å². The zero-order valence-electron chi connectivity index (χ0n) is 18.4. The Labute approximate surface area is 196 Å². The summed E-state index contributed by atoms with van der Waals surface area (Å²) in [6.45, 7) is 2.28. The van der Waals surface area contributed by atoms with Gasteiger partial charge in [-0.2, -0.15) is 0 Å². The lowest BCUT2D eigenvalue weighted by Crippen LogP contribution is -2.36. The number of anilines is 1. The topological polar surface area (TPSA) is 95.1 Å². The number of hydrogen-bond acceptors (Lipinski definition) is 6. The molecule has 2 aliphatic heterocycles. The zero-order chi connectivity index (χ0) is 23.5. The molecule has 3 aromatic carbocycles. The largest absolute Gasteiger partial charge is 0.454 e. The molecule has 0 aromatic heterocycles. The molecule has 0 radical (unpaired) electrons. The Morgan fingerprint density at radius 1 is 0.824 bits per heavy atom. The lowest BCUT2D eigenvalue weighted by molar-refractivity contribution is -0.123. The van der Waals surface area contributed by atoms with Gasteiger partial charge in [0, 0.05) is 17.8 Å². The third kappa shape index (κ3) is 4.66. The molecule has 1 atom stereocenters. The van der Waals surface area contributed by atoms with E-state index in [1.54, 1.807) is 36.4 Å². The quantitative estimate of drug-likeness (QED) is 0.543. The van der Waals surface area contributed by atoms with Crippen molar-refractivity contribution in [1.82, 2.24) is 5.32 Å². The molecule has 2 amide bonds. The molecule has 2 heterocycles. The number of ether oxygens (including phenoxy) is 4. The molecule has 3 aromatic rings. The Morgan fingerprint density at radius 3 is 2.21 bits per heavy atom. The first-order chi connectivity index (χ1) is 16.5. The van der Waals surface area contributed by atoms with Crippen LogP contribution in [-0.4, -0.2) is 25.4 Å². The smallest absolute Gasteiger partial charge is 0.251 e. The Kier molecular flexibility index (Phi) is 5.78. The van der Waals surface area contributed by atoms with Crippen LogP contribution in [0.5, 0.6) is 23.0 Å². The highest BCUT2D eigenvalue weighted by Crippen LogP contribution is 2.35. The number of fused-ring (bicyclic) bond motifs is 2. The SMILES string of the molecule is Cc1ccc([C@H](NC(=O)/C=C\c2ccc3c(c2)OCO3)C(=O)Nc2ccc3c(c2)OCO3)cc1. The lowest BCUT2D eigenvalue weighted by Gasteiger charge is -2.18. The molecule has 0 unspecified atom stereocenters. The van der Waals surface area contributed by atoms with Crippen LogP contribution in [0.2, 0.25) is 0 Å². The summed E-state index contributed by atoms with van der Waals surface area (Å²) in [5, 5.41) is 5.65. The summed E-state index contributed by atoms with van der Waals surface area (Å²) in [6, 6.07) is 17.1. The van der Waals surface area contributed by atoms with Gasteiger partial charge in [-0.25, -0.2) is 0 Å². The van der Waals surface area contributed by atoms with Crippen LogP contribution in [0.3, 0.4) is 0 Å². The van der Waals surface area contributed by atoms with Crippen molar-refractivity contribution in [3.8, 4) is 23.0 Å². The average molecular weight is 458 g/mol. The van der Waals surface area contributed by atoms with Crippen molar-refractivity contribution < 1.29 is 28.5 Å². The molecule has 2 aliphatic rings. The highest BCUT2D eigenvalue weighted by molar-refractivity contribution is 6.00. The number of carbonyl (C=O) groups is 2. The molecule has 0 aliphatic carbocycles. The van der Waals surface area contributed by atoms with E-state index in [0.29, 0.717) is 34.2 Å². The highest BCUT2D eigenvalue weighted by Gasteiger charge is 2.23. The van der Waals surface area contributed by atoms with Crippen molar-refractivity contribution in [2.75, 3.05) is 18.9 Å². The second kappa shape index (κ2) is 9.19. The number of benzene rings is 3. The molecule has 0 spiro atoms. The van der Waals surface area contributed by atoms with Gasteiger partial charge in [0.25, 0.3) is 5.91 Å². The summed E-state index contributed by atoms with van der Waals surface area (Å²) in [6.07, 6.45) is 3.03. The predicted octanol–water partition coefficient (Wildman–Crippen LogP) is 3.96. The summed E-state index contributed by atoms with van der Waals surface area (Å²) < 4.78 is 21.4. The molecule has 8 nitrogen and oxygen atoms in total. The number of amides is 2. The van der Waals surface area contributed by atoms with Crippen LogP contribution < -0.4 is 29.6 Å². The van der Waals surface area contributed by atoms with Crippen molar-refractivity contribution in [3.63, 3.8) is 0 Å². The molecule has 2 N–H and O–H groups in total. The molecule has 172 valence electrons. The van der Waals surface area contributed by atoms with Crippen molar-refractivity contribution in [1.29, 1.82) is 0 Å². The monoisotopic (exact) mass is 458 g/mol. The normalized spacial score (nSPS) is 14.1. The minimum atomic E-state index is -0.903. The van der Waals surface area contributed by atoms with Gasteiger partial charge in [0.1, 0.15) is 6.04 Å². The van der Waals surface area contributed by atoms with Crippen LogP contribution in [0.1, 0.15) is 22.7 Å². The van der Waals surface area contributed by atoms with Gasteiger partial charge >= 0.3 is 0 Å². The van der Waals surface area contributed by atoms with Gasteiger partial charge in [0.15, 0.2) is 23.0 Å². The van der Waals surface area contributed by atoms with Crippen LogP contribution in [0, 0.1) is 6.92 Å². The fourth-order valence-electron chi connectivity index (χ4n) is 3.63. The number of hydrogen-bond donors (Lipinski definition) is 2. The van der Waals surface area contributed by atoms with Crippen LogP contribution in [0.25, 0.3) is 6.08 Å². The Hall–Kier alpha value is -4.46. The third-order valence-corrected chi connectivity index (χ3v) is 5.42. The van der Waals surface area contributed by atoms with Gasteiger partial charge in [-0.3, -0.25) is 9.59 Å². The van der Waals surface area contributed by atoms with Crippen LogP contribution in [0.15, 0.2) is 66.7 Å². The molecule has 5 rings (SSSR count). The van der Waals surface area contributed by atoms with E-state index >= 15 is 0 Å². The maximum absolute atomic E-state index is 13.2. The van der Waals surface area contributed by atoms with E-state index in [1.807, 2.05) is 37.3 Å². The van der Waals surface area contributed by atoms with Crippen LogP contribution >= 0.6 is 0 Å². The first-order valence-electron chi connectivity index (χ1n) is 10.7. The molecule has 0 bridgehead atoms.